The van der Waals surface area contributed by atoms with Gasteiger partial charge in [-0.15, -0.1) is 0 Å². The Morgan fingerprint density at radius 2 is 1.96 bits per heavy atom. The van der Waals surface area contributed by atoms with Gasteiger partial charge in [-0.05, 0) is 55.5 Å². The predicted molar refractivity (Wildman–Crippen MR) is 102 cm³/mol. The summed E-state index contributed by atoms with van der Waals surface area (Å²) in [6, 6.07) is 13.5. The van der Waals surface area contributed by atoms with Crippen LogP contribution >= 0.6 is 0 Å². The number of hydrogen-bond acceptors (Lipinski definition) is 4. The summed E-state index contributed by atoms with van der Waals surface area (Å²) in [4.78, 5) is 10.8. The minimum atomic E-state index is -0.326. The average Bonchev–Trinajstić information content (AvgIpc) is 3.11. The second-order valence-electron chi connectivity index (χ2n) is 7.24. The van der Waals surface area contributed by atoms with Crippen molar-refractivity contribution in [1.82, 2.24) is 0 Å². The molecule has 0 aromatic heterocycles. The van der Waals surface area contributed by atoms with Crippen molar-refractivity contribution >= 4 is 11.4 Å². The molecule has 2 aromatic rings. The second kappa shape index (κ2) is 6.48. The SMILES string of the molecule is CC(C)Oc1ccc([C@@H]2Nc3ccc([N+](=O)[O-])cc3[C@@H]3C=CC[C@@H]32)cc1. The zero-order chi connectivity index (χ0) is 18.3. The molecule has 2 aliphatic rings. The summed E-state index contributed by atoms with van der Waals surface area (Å²) in [6.07, 6.45) is 5.50. The second-order valence-corrected chi connectivity index (χ2v) is 7.24. The van der Waals surface area contributed by atoms with Crippen LogP contribution in [0.25, 0.3) is 0 Å². The van der Waals surface area contributed by atoms with Crippen LogP contribution in [0.2, 0.25) is 0 Å². The lowest BCUT2D eigenvalue weighted by Crippen LogP contribution is -2.29. The van der Waals surface area contributed by atoms with E-state index >= 15 is 0 Å². The lowest BCUT2D eigenvalue weighted by Gasteiger charge is -2.37. The van der Waals surface area contributed by atoms with E-state index in [2.05, 4.69) is 29.6 Å². The number of nitro benzene ring substituents is 1. The molecule has 4 rings (SSSR count). The number of anilines is 1. The van der Waals surface area contributed by atoms with Crippen molar-refractivity contribution in [3.63, 3.8) is 0 Å². The molecule has 26 heavy (non-hydrogen) atoms. The van der Waals surface area contributed by atoms with Gasteiger partial charge in [-0.3, -0.25) is 10.1 Å². The number of allylic oxidation sites excluding steroid dienone is 2. The molecule has 1 N–H and O–H groups in total. The molecule has 0 radical (unpaired) electrons. The van der Waals surface area contributed by atoms with Crippen molar-refractivity contribution in [1.29, 1.82) is 0 Å². The van der Waals surface area contributed by atoms with Crippen LogP contribution in [0.15, 0.2) is 54.6 Å². The lowest BCUT2D eigenvalue weighted by molar-refractivity contribution is -0.384. The largest absolute Gasteiger partial charge is 0.491 e. The van der Waals surface area contributed by atoms with E-state index in [1.54, 1.807) is 12.1 Å². The third-order valence-corrected chi connectivity index (χ3v) is 5.17. The quantitative estimate of drug-likeness (QED) is 0.467. The van der Waals surface area contributed by atoms with Gasteiger partial charge in [-0.25, -0.2) is 0 Å². The Bertz CT molecular complexity index is 858. The van der Waals surface area contributed by atoms with E-state index in [0.717, 1.165) is 23.4 Å². The highest BCUT2D eigenvalue weighted by Crippen LogP contribution is 2.50. The van der Waals surface area contributed by atoms with Crippen LogP contribution in [-0.2, 0) is 0 Å². The molecule has 1 aliphatic heterocycles. The topological polar surface area (TPSA) is 64.4 Å². The molecule has 5 nitrogen and oxygen atoms in total. The predicted octanol–water partition coefficient (Wildman–Crippen LogP) is 5.21. The zero-order valence-electron chi connectivity index (χ0n) is 14.9. The summed E-state index contributed by atoms with van der Waals surface area (Å²) in [5.41, 5.74) is 3.37. The van der Waals surface area contributed by atoms with E-state index in [4.69, 9.17) is 4.74 Å². The first-order valence-corrected chi connectivity index (χ1v) is 9.01. The van der Waals surface area contributed by atoms with Crippen LogP contribution in [-0.4, -0.2) is 11.0 Å². The minimum Gasteiger partial charge on any atom is -0.491 e. The number of fused-ring (bicyclic) bond motifs is 3. The minimum absolute atomic E-state index is 0.151. The number of nitrogens with zero attached hydrogens (tertiary/aromatic N) is 1. The normalized spacial score (nSPS) is 23.3. The van der Waals surface area contributed by atoms with Gasteiger partial charge in [0.1, 0.15) is 5.75 Å². The molecular formula is C21H22N2O3. The van der Waals surface area contributed by atoms with Crippen molar-refractivity contribution in [2.75, 3.05) is 5.32 Å². The van der Waals surface area contributed by atoms with Gasteiger partial charge in [0.25, 0.3) is 5.69 Å². The van der Waals surface area contributed by atoms with E-state index < -0.39 is 0 Å². The van der Waals surface area contributed by atoms with Crippen LogP contribution in [0.3, 0.4) is 0 Å². The van der Waals surface area contributed by atoms with Crippen LogP contribution in [0.1, 0.15) is 43.4 Å². The molecule has 0 amide bonds. The van der Waals surface area contributed by atoms with Gasteiger partial charge in [-0.1, -0.05) is 24.3 Å². The summed E-state index contributed by atoms with van der Waals surface area (Å²) in [7, 11) is 0. The first-order chi connectivity index (χ1) is 12.5. The molecule has 5 heteroatoms. The maximum Gasteiger partial charge on any atom is 0.269 e. The Hall–Kier alpha value is -2.82. The molecule has 0 saturated heterocycles. The molecule has 0 bridgehead atoms. The molecule has 0 saturated carbocycles. The van der Waals surface area contributed by atoms with Crippen molar-refractivity contribution in [2.24, 2.45) is 5.92 Å². The number of rotatable bonds is 4. The summed E-state index contributed by atoms with van der Waals surface area (Å²) >= 11 is 0. The summed E-state index contributed by atoms with van der Waals surface area (Å²) in [5.74, 6) is 1.45. The van der Waals surface area contributed by atoms with Gasteiger partial charge in [0.05, 0.1) is 17.1 Å². The van der Waals surface area contributed by atoms with E-state index in [1.165, 1.54) is 5.56 Å². The highest BCUT2D eigenvalue weighted by atomic mass is 16.6. The number of hydrogen-bond donors (Lipinski definition) is 1. The van der Waals surface area contributed by atoms with E-state index in [0.29, 0.717) is 5.92 Å². The van der Waals surface area contributed by atoms with Gasteiger partial charge < -0.3 is 10.1 Å². The Kier molecular flexibility index (Phi) is 4.15. The molecule has 1 heterocycles. The maximum absolute atomic E-state index is 11.1. The monoisotopic (exact) mass is 350 g/mol. The molecule has 0 spiro atoms. The number of non-ortho nitro benzene ring substituents is 1. The average molecular weight is 350 g/mol. The molecular weight excluding hydrogens is 328 g/mol. The van der Waals surface area contributed by atoms with E-state index in [9.17, 15) is 10.1 Å². The van der Waals surface area contributed by atoms with Crippen molar-refractivity contribution < 1.29 is 9.66 Å². The first-order valence-electron chi connectivity index (χ1n) is 9.01. The standard InChI is InChI=1S/C21H22N2O3/c1-13(2)26-16-9-6-14(7-10-16)21-18-5-3-4-17(18)19-12-15(23(24)25)8-11-20(19)22-21/h3-4,6-13,17-18,21-22H,5H2,1-2H3/t17-,18+,21+/m1/s1. The summed E-state index contributed by atoms with van der Waals surface area (Å²) in [5, 5.41) is 14.7. The Labute approximate surface area is 152 Å². The highest BCUT2D eigenvalue weighted by molar-refractivity contribution is 5.63. The third kappa shape index (κ3) is 2.94. The fraction of sp³-hybridized carbons (Fsp3) is 0.333. The van der Waals surface area contributed by atoms with Gasteiger partial charge >= 0.3 is 0 Å². The Morgan fingerprint density at radius 3 is 2.65 bits per heavy atom. The van der Waals surface area contributed by atoms with Crippen molar-refractivity contribution in [3.8, 4) is 5.75 Å². The van der Waals surface area contributed by atoms with E-state index in [-0.39, 0.29) is 28.7 Å². The number of benzene rings is 2. The highest BCUT2D eigenvalue weighted by Gasteiger charge is 2.38. The fourth-order valence-corrected chi connectivity index (χ4v) is 4.05. The van der Waals surface area contributed by atoms with Gasteiger partial charge in [0.15, 0.2) is 0 Å². The summed E-state index contributed by atoms with van der Waals surface area (Å²) in [6.45, 7) is 4.03. The van der Waals surface area contributed by atoms with Crippen molar-refractivity contribution in [3.05, 3.63) is 75.9 Å². The molecule has 1 aliphatic carbocycles. The fourth-order valence-electron chi connectivity index (χ4n) is 4.05. The molecule has 0 unspecified atom stereocenters. The third-order valence-electron chi connectivity index (χ3n) is 5.17. The Morgan fingerprint density at radius 1 is 1.19 bits per heavy atom. The molecule has 134 valence electrons. The number of ether oxygens (including phenoxy) is 1. The maximum atomic E-state index is 11.1. The van der Waals surface area contributed by atoms with Gasteiger partial charge in [0.2, 0.25) is 0 Å². The molecule has 0 fully saturated rings. The summed E-state index contributed by atoms with van der Waals surface area (Å²) < 4.78 is 5.74. The van der Waals surface area contributed by atoms with Crippen LogP contribution in [0, 0.1) is 16.0 Å². The van der Waals surface area contributed by atoms with Gasteiger partial charge in [-0.2, -0.15) is 0 Å². The van der Waals surface area contributed by atoms with Gasteiger partial charge in [0, 0.05) is 23.7 Å². The number of nitrogens with one attached hydrogen (secondary N) is 1. The lowest BCUT2D eigenvalue weighted by atomic mass is 9.77. The van der Waals surface area contributed by atoms with Crippen molar-refractivity contribution in [2.45, 2.75) is 38.3 Å². The first kappa shape index (κ1) is 16.6. The molecule has 3 atom stereocenters. The Balaban J connectivity index is 1.66. The van der Waals surface area contributed by atoms with Crippen LogP contribution in [0.5, 0.6) is 5.75 Å². The van der Waals surface area contributed by atoms with Crippen LogP contribution < -0.4 is 10.1 Å². The molecule has 2 aromatic carbocycles. The van der Waals surface area contributed by atoms with E-state index in [1.807, 2.05) is 32.0 Å². The zero-order valence-corrected chi connectivity index (χ0v) is 14.9. The number of nitro groups is 1. The smallest absolute Gasteiger partial charge is 0.269 e. The van der Waals surface area contributed by atoms with Crippen LogP contribution in [0.4, 0.5) is 11.4 Å².